The molecule has 0 atom stereocenters. The van der Waals surface area contributed by atoms with E-state index in [2.05, 4.69) is 13.8 Å². The van der Waals surface area contributed by atoms with Gasteiger partial charge in [-0.15, -0.1) is 0 Å². The van der Waals surface area contributed by atoms with Gasteiger partial charge in [-0.3, -0.25) is 0 Å². The molecule has 0 saturated heterocycles. The van der Waals surface area contributed by atoms with Crippen LogP contribution in [0.25, 0.3) is 0 Å². The molecule has 0 saturated carbocycles. The van der Waals surface area contributed by atoms with Crippen LogP contribution in [0.3, 0.4) is 0 Å². The smallest absolute Gasteiger partial charge is 0.793 e. The summed E-state index contributed by atoms with van der Waals surface area (Å²) in [6.07, 6.45) is 28.1. The first-order valence-electron chi connectivity index (χ1n) is 12.0. The van der Waals surface area contributed by atoms with Crippen molar-refractivity contribution in [2.45, 2.75) is 142 Å². The van der Waals surface area contributed by atoms with Crippen molar-refractivity contribution in [3.05, 3.63) is 0 Å². The first-order valence-corrected chi connectivity index (χ1v) is 13.1. The van der Waals surface area contributed by atoms with E-state index >= 15 is 0 Å². The average Bonchev–Trinajstić information content (AvgIpc) is 2.66. The van der Waals surface area contributed by atoms with E-state index in [1.165, 1.54) is 128 Å². The second-order valence-electron chi connectivity index (χ2n) is 7.77. The van der Waals surface area contributed by atoms with Crippen molar-refractivity contribution in [3.63, 3.8) is 0 Å². The third-order valence-corrected chi connectivity index (χ3v) is 5.57. The Morgan fingerprint density at radius 3 is 0.704 bits per heavy atom. The molecule has 0 unspecified atom stereocenters. The van der Waals surface area contributed by atoms with Gasteiger partial charge >= 0.3 is 16.5 Å². The van der Waals surface area contributed by atoms with Crippen LogP contribution < -0.4 is 0 Å². The van der Waals surface area contributed by atoms with Crippen LogP contribution in [0.4, 0.5) is 0 Å². The van der Waals surface area contributed by atoms with E-state index in [9.17, 15) is 0 Å². The molecule has 0 amide bonds. The number of unbranched alkanes of at least 4 members (excludes halogenated alkanes) is 18. The second kappa shape index (κ2) is 34.7. The van der Waals surface area contributed by atoms with Gasteiger partial charge in [0.1, 0.15) is 0 Å². The van der Waals surface area contributed by atoms with Gasteiger partial charge < -0.3 is 25.3 Å². The first-order chi connectivity index (χ1) is 12.8. The van der Waals surface area contributed by atoms with Crippen molar-refractivity contribution in [2.75, 3.05) is 11.5 Å². The Kier molecular flexibility index (Phi) is 42.2. The van der Waals surface area contributed by atoms with Crippen molar-refractivity contribution < 1.29 is 16.5 Å². The van der Waals surface area contributed by atoms with Gasteiger partial charge in [0.2, 0.25) is 0 Å². The Morgan fingerprint density at radius 1 is 0.333 bits per heavy atom. The number of hydrogen-bond acceptors (Lipinski definition) is 2. The van der Waals surface area contributed by atoms with Gasteiger partial charge in [0, 0.05) is 0 Å². The maximum Gasteiger partial charge on any atom is 2.00 e. The third kappa shape index (κ3) is 38.4. The van der Waals surface area contributed by atoms with E-state index in [1.807, 2.05) is 0 Å². The average molecular weight is 461 g/mol. The molecule has 0 nitrogen and oxygen atoms in total. The molecule has 0 aliphatic carbocycles. The predicted molar refractivity (Wildman–Crippen MR) is 128 cm³/mol. The topological polar surface area (TPSA) is 0 Å². The summed E-state index contributed by atoms with van der Waals surface area (Å²) in [5.74, 6) is 1.91. The van der Waals surface area contributed by atoms with Gasteiger partial charge in [0.25, 0.3) is 0 Å². The molecular formula is C24H50NiS2. The molecule has 27 heavy (non-hydrogen) atoms. The summed E-state index contributed by atoms with van der Waals surface area (Å²) < 4.78 is 0. The normalized spacial score (nSPS) is 10.2. The van der Waals surface area contributed by atoms with Crippen molar-refractivity contribution >= 4 is 25.3 Å². The molecule has 168 valence electrons. The van der Waals surface area contributed by atoms with Gasteiger partial charge in [0.15, 0.2) is 0 Å². The fourth-order valence-electron chi connectivity index (χ4n) is 3.18. The van der Waals surface area contributed by atoms with Gasteiger partial charge in [0.05, 0.1) is 0 Å². The van der Waals surface area contributed by atoms with Crippen molar-refractivity contribution in [1.29, 1.82) is 0 Å². The monoisotopic (exact) mass is 460 g/mol. The van der Waals surface area contributed by atoms with Crippen LogP contribution in [-0.2, 0) is 41.7 Å². The van der Waals surface area contributed by atoms with Crippen LogP contribution in [-0.4, -0.2) is 11.5 Å². The van der Waals surface area contributed by atoms with E-state index in [1.54, 1.807) is 0 Å². The zero-order valence-electron chi connectivity index (χ0n) is 18.7. The van der Waals surface area contributed by atoms with Gasteiger partial charge in [-0.2, -0.15) is 11.5 Å². The minimum atomic E-state index is 0. The molecular weight excluding hydrogens is 411 g/mol. The molecule has 0 radical (unpaired) electrons. The first kappa shape index (κ1) is 32.8. The van der Waals surface area contributed by atoms with Crippen LogP contribution >= 0.6 is 0 Å². The van der Waals surface area contributed by atoms with Gasteiger partial charge in [-0.05, 0) is 0 Å². The molecule has 0 spiro atoms. The molecule has 0 rings (SSSR count). The minimum Gasteiger partial charge on any atom is -0.793 e. The molecule has 0 N–H and O–H groups in total. The Bertz CT molecular complexity index is 171. The van der Waals surface area contributed by atoms with E-state index in [-0.39, 0.29) is 16.5 Å². The Hall–Kier alpha value is 1.19. The molecule has 0 aromatic rings. The van der Waals surface area contributed by atoms with Crippen molar-refractivity contribution in [1.82, 2.24) is 0 Å². The quantitative estimate of drug-likeness (QED) is 0.101. The molecule has 0 aromatic carbocycles. The maximum atomic E-state index is 4.90. The second-order valence-corrected chi connectivity index (χ2v) is 8.59. The predicted octanol–water partition coefficient (Wildman–Crippen LogP) is 8.91. The van der Waals surface area contributed by atoms with Crippen LogP contribution in [0, 0.1) is 0 Å². The number of hydrogen-bond donors (Lipinski definition) is 0. The molecule has 0 aliphatic heterocycles. The van der Waals surface area contributed by atoms with Gasteiger partial charge in [-0.25, -0.2) is 0 Å². The summed E-state index contributed by atoms with van der Waals surface area (Å²) in [6.45, 7) is 4.55. The summed E-state index contributed by atoms with van der Waals surface area (Å²) >= 11 is 9.80. The maximum absolute atomic E-state index is 4.90. The van der Waals surface area contributed by atoms with Crippen LogP contribution in [0.15, 0.2) is 0 Å². The van der Waals surface area contributed by atoms with E-state index < -0.39 is 0 Å². The molecule has 0 fully saturated rings. The van der Waals surface area contributed by atoms with E-state index in [4.69, 9.17) is 25.3 Å². The number of rotatable bonds is 20. The molecule has 0 aromatic heterocycles. The standard InChI is InChI=1S/2C12H26S.Ni/c2*1-2-3-4-5-6-7-8-9-10-11-12-13;/h2*13H,2-12H2,1H3;/q;;+2/p-2. The Balaban J connectivity index is -0.000000411. The van der Waals surface area contributed by atoms with Crippen molar-refractivity contribution in [3.8, 4) is 0 Å². The third-order valence-electron chi connectivity index (χ3n) is 5.00. The molecule has 0 heterocycles. The van der Waals surface area contributed by atoms with E-state index in [0.717, 1.165) is 11.5 Å². The fraction of sp³-hybridized carbons (Fsp3) is 1.00. The summed E-state index contributed by atoms with van der Waals surface area (Å²) in [7, 11) is 0. The van der Waals surface area contributed by atoms with Crippen LogP contribution in [0.2, 0.25) is 0 Å². The van der Waals surface area contributed by atoms with Crippen LogP contribution in [0.5, 0.6) is 0 Å². The minimum absolute atomic E-state index is 0. The Labute approximate surface area is 194 Å². The largest absolute Gasteiger partial charge is 2.00 e. The van der Waals surface area contributed by atoms with E-state index in [0.29, 0.717) is 0 Å². The molecule has 0 bridgehead atoms. The summed E-state index contributed by atoms with van der Waals surface area (Å²) in [5, 5.41) is 0. The zero-order chi connectivity index (χ0) is 19.6. The van der Waals surface area contributed by atoms with Crippen molar-refractivity contribution in [2.24, 2.45) is 0 Å². The molecule has 3 heteroatoms. The van der Waals surface area contributed by atoms with Gasteiger partial charge in [-0.1, -0.05) is 142 Å². The zero-order valence-corrected chi connectivity index (χ0v) is 21.3. The summed E-state index contributed by atoms with van der Waals surface area (Å²) in [5.41, 5.74) is 0. The van der Waals surface area contributed by atoms with Crippen LogP contribution in [0.1, 0.15) is 142 Å². The Morgan fingerprint density at radius 2 is 0.519 bits per heavy atom. The summed E-state index contributed by atoms with van der Waals surface area (Å²) in [6, 6.07) is 0. The molecule has 0 aliphatic rings. The SMILES string of the molecule is CCCCCCCCCCCC[S-].CCCCCCCCCCCC[S-].[Ni+2]. The fourth-order valence-corrected chi connectivity index (χ4v) is 3.59. The summed E-state index contributed by atoms with van der Waals surface area (Å²) in [4.78, 5) is 0.